The van der Waals surface area contributed by atoms with Crippen LogP contribution in [-0.4, -0.2) is 30.1 Å². The topological polar surface area (TPSA) is 145 Å². The fraction of sp³-hybridized carbons (Fsp3) is 0.105. The smallest absolute Gasteiger partial charge is 0.270 e. The molecule has 0 spiro atoms. The summed E-state index contributed by atoms with van der Waals surface area (Å²) in [5, 5.41) is 13.2. The summed E-state index contributed by atoms with van der Waals surface area (Å²) in [6.07, 6.45) is 1.88. The number of hydrogen-bond acceptors (Lipinski definition) is 6. The fourth-order valence-electron chi connectivity index (χ4n) is 2.88. The summed E-state index contributed by atoms with van der Waals surface area (Å²) in [7, 11) is -3.83. The van der Waals surface area contributed by atoms with Crippen LogP contribution in [0, 0.1) is 11.2 Å². The molecule has 11 heteroatoms. The normalized spacial score (nSPS) is 11.4. The van der Waals surface area contributed by atoms with Gasteiger partial charge in [-0.05, 0) is 48.2 Å². The van der Waals surface area contributed by atoms with Crippen LogP contribution >= 0.6 is 11.8 Å². The molecule has 3 rings (SSSR count). The Morgan fingerprint density at radius 2 is 1.77 bits per heavy atom. The van der Waals surface area contributed by atoms with E-state index in [0.29, 0.717) is 22.1 Å². The van der Waals surface area contributed by atoms with Crippen LogP contribution < -0.4 is 16.4 Å². The Morgan fingerprint density at radius 1 is 1.17 bits per heavy atom. The van der Waals surface area contributed by atoms with Gasteiger partial charge in [-0.15, -0.1) is 11.8 Å². The third kappa shape index (κ3) is 4.42. The van der Waals surface area contributed by atoms with Gasteiger partial charge in [0.1, 0.15) is 28.1 Å². The molecule has 0 unspecified atom stereocenters. The highest BCUT2D eigenvalue weighted by Gasteiger charge is 2.20. The zero-order chi connectivity index (χ0) is 22.1. The lowest BCUT2D eigenvalue weighted by atomic mass is 10.1. The van der Waals surface area contributed by atoms with Gasteiger partial charge in [0.05, 0.1) is 10.6 Å². The first-order valence-electron chi connectivity index (χ1n) is 8.54. The minimum Gasteiger partial charge on any atom is -0.383 e. The van der Waals surface area contributed by atoms with Gasteiger partial charge in [-0.1, -0.05) is 12.1 Å². The molecule has 0 saturated heterocycles. The van der Waals surface area contributed by atoms with Gasteiger partial charge in [0, 0.05) is 6.42 Å². The highest BCUT2D eigenvalue weighted by atomic mass is 32.2. The molecule has 2 aromatic carbocycles. The Bertz CT molecular complexity index is 1270. The molecular formula is C19H18FN5O3S2. The number of halogens is 1. The molecule has 0 atom stereocenters. The number of hydrogen-bond donors (Lipinski definition) is 3. The van der Waals surface area contributed by atoms with E-state index in [1.165, 1.54) is 52.7 Å². The lowest BCUT2D eigenvalue weighted by molar-refractivity contribution is 0.597. The Morgan fingerprint density at radius 3 is 2.27 bits per heavy atom. The fourth-order valence-corrected chi connectivity index (χ4v) is 3.99. The van der Waals surface area contributed by atoms with Crippen molar-refractivity contribution in [2.75, 3.05) is 6.26 Å². The zero-order valence-electron chi connectivity index (χ0n) is 15.8. The summed E-state index contributed by atoms with van der Waals surface area (Å²) < 4.78 is 37.6. The van der Waals surface area contributed by atoms with Gasteiger partial charge in [-0.3, -0.25) is 14.8 Å². The predicted molar refractivity (Wildman–Crippen MR) is 113 cm³/mol. The van der Waals surface area contributed by atoms with Crippen LogP contribution in [0.3, 0.4) is 0 Å². The summed E-state index contributed by atoms with van der Waals surface area (Å²) in [4.78, 5) is 17.6. The van der Waals surface area contributed by atoms with E-state index >= 15 is 0 Å². The Hall–Kier alpha value is -3.02. The molecule has 1 heterocycles. The van der Waals surface area contributed by atoms with E-state index in [0.717, 1.165) is 0 Å². The van der Waals surface area contributed by atoms with Crippen molar-refractivity contribution < 1.29 is 12.8 Å². The molecule has 0 aliphatic heterocycles. The Labute approximate surface area is 176 Å². The number of thioether (sulfide) groups is 1. The highest BCUT2D eigenvalue weighted by molar-refractivity contribution is 7.98. The molecule has 30 heavy (non-hydrogen) atoms. The van der Waals surface area contributed by atoms with E-state index in [1.54, 1.807) is 18.4 Å². The molecule has 5 N–H and O–H groups in total. The van der Waals surface area contributed by atoms with Gasteiger partial charge in [0.2, 0.25) is 10.0 Å². The largest absolute Gasteiger partial charge is 0.383 e. The second-order valence-electron chi connectivity index (χ2n) is 6.31. The number of nitrogens with one attached hydrogen (secondary N) is 1. The number of nitrogens with zero attached hydrogens (tertiary/aromatic N) is 2. The van der Waals surface area contributed by atoms with Crippen molar-refractivity contribution in [3.63, 3.8) is 0 Å². The van der Waals surface area contributed by atoms with Crippen molar-refractivity contribution in [1.82, 2.24) is 9.55 Å². The monoisotopic (exact) mass is 447 g/mol. The van der Waals surface area contributed by atoms with E-state index in [4.69, 9.17) is 16.3 Å². The second kappa shape index (κ2) is 8.38. The van der Waals surface area contributed by atoms with Crippen molar-refractivity contribution in [2.24, 2.45) is 10.9 Å². The SMILES string of the molecule is CSc1nc(Cc2ccc(S(N)(=O)=O)cc2)n(-c2ccc(F)cc2)c(=O)c1C(=N)N. The predicted octanol–water partition coefficient (Wildman–Crippen LogP) is 1.62. The van der Waals surface area contributed by atoms with Crippen molar-refractivity contribution in [2.45, 2.75) is 16.3 Å². The summed E-state index contributed by atoms with van der Waals surface area (Å²) in [6.45, 7) is 0. The number of benzene rings is 2. The first kappa shape index (κ1) is 21.7. The quantitative estimate of drug-likeness (QED) is 0.227. The van der Waals surface area contributed by atoms with Crippen LogP contribution in [0.4, 0.5) is 4.39 Å². The van der Waals surface area contributed by atoms with Gasteiger partial charge >= 0.3 is 0 Å². The second-order valence-corrected chi connectivity index (χ2v) is 8.67. The average molecular weight is 448 g/mol. The van der Waals surface area contributed by atoms with Gasteiger partial charge in [-0.25, -0.2) is 22.9 Å². The number of sulfonamides is 1. The molecule has 0 saturated carbocycles. The van der Waals surface area contributed by atoms with Crippen LogP contribution in [-0.2, 0) is 16.4 Å². The molecule has 0 aliphatic rings. The Kier molecular flexibility index (Phi) is 6.06. The summed E-state index contributed by atoms with van der Waals surface area (Å²) in [5.74, 6) is -0.562. The summed E-state index contributed by atoms with van der Waals surface area (Å²) >= 11 is 1.17. The maximum atomic E-state index is 13.4. The number of amidine groups is 1. The van der Waals surface area contributed by atoms with Crippen LogP contribution in [0.25, 0.3) is 5.69 Å². The first-order chi connectivity index (χ1) is 14.1. The van der Waals surface area contributed by atoms with Crippen LogP contribution in [0.15, 0.2) is 63.2 Å². The van der Waals surface area contributed by atoms with Crippen molar-refractivity contribution in [3.05, 3.63) is 81.7 Å². The maximum Gasteiger partial charge on any atom is 0.270 e. The molecule has 8 nitrogen and oxygen atoms in total. The molecular weight excluding hydrogens is 429 g/mol. The molecule has 1 aromatic heterocycles. The van der Waals surface area contributed by atoms with Gasteiger partial charge < -0.3 is 5.73 Å². The minimum absolute atomic E-state index is 0.0353. The van der Waals surface area contributed by atoms with Gasteiger partial charge in [-0.2, -0.15) is 0 Å². The molecule has 0 radical (unpaired) electrons. The lowest BCUT2D eigenvalue weighted by Gasteiger charge is -2.16. The average Bonchev–Trinajstić information content (AvgIpc) is 2.68. The van der Waals surface area contributed by atoms with E-state index in [-0.39, 0.29) is 16.9 Å². The number of aromatic nitrogens is 2. The van der Waals surface area contributed by atoms with Crippen molar-refractivity contribution in [3.8, 4) is 5.69 Å². The molecule has 156 valence electrons. The maximum absolute atomic E-state index is 13.4. The molecule has 0 fully saturated rings. The van der Waals surface area contributed by atoms with E-state index in [2.05, 4.69) is 4.98 Å². The molecule has 0 bridgehead atoms. The number of rotatable bonds is 6. The molecule has 0 amide bonds. The summed E-state index contributed by atoms with van der Waals surface area (Å²) in [6, 6.07) is 11.1. The van der Waals surface area contributed by atoms with Crippen LogP contribution in [0.2, 0.25) is 0 Å². The van der Waals surface area contributed by atoms with Crippen LogP contribution in [0.1, 0.15) is 17.0 Å². The third-order valence-corrected chi connectivity index (χ3v) is 5.89. The minimum atomic E-state index is -3.83. The van der Waals surface area contributed by atoms with Crippen LogP contribution in [0.5, 0.6) is 0 Å². The first-order valence-corrected chi connectivity index (χ1v) is 11.3. The van der Waals surface area contributed by atoms with Gasteiger partial charge in [0.15, 0.2) is 0 Å². The number of nitrogens with two attached hydrogens (primary N) is 2. The Balaban J connectivity index is 2.19. The summed E-state index contributed by atoms with van der Waals surface area (Å²) in [5.41, 5.74) is 6.05. The lowest BCUT2D eigenvalue weighted by Crippen LogP contribution is -2.33. The standard InChI is InChI=1S/C19H18FN5O3S2/c1-29-18-16(17(21)22)19(26)25(13-6-4-12(20)5-7-13)15(24-18)10-11-2-8-14(9-3-11)30(23,27)28/h2-9H,10H2,1H3,(H3,21,22)(H2,23,27,28). The van der Waals surface area contributed by atoms with Crippen molar-refractivity contribution >= 4 is 27.6 Å². The highest BCUT2D eigenvalue weighted by Crippen LogP contribution is 2.20. The van der Waals surface area contributed by atoms with Crippen molar-refractivity contribution in [1.29, 1.82) is 5.41 Å². The van der Waals surface area contributed by atoms with Gasteiger partial charge in [0.25, 0.3) is 5.56 Å². The van der Waals surface area contributed by atoms with E-state index in [1.807, 2.05) is 0 Å². The zero-order valence-corrected chi connectivity index (χ0v) is 17.4. The molecule has 0 aliphatic carbocycles. The number of nitrogen functional groups attached to an aromatic ring is 1. The molecule has 3 aromatic rings. The van der Waals surface area contributed by atoms with E-state index < -0.39 is 27.2 Å². The van der Waals surface area contributed by atoms with E-state index in [9.17, 15) is 17.6 Å². The number of primary sulfonamides is 1. The third-order valence-electron chi connectivity index (χ3n) is 4.28.